The highest BCUT2D eigenvalue weighted by Gasteiger charge is 2.08. The van der Waals surface area contributed by atoms with Crippen LogP contribution >= 0.6 is 0 Å². The summed E-state index contributed by atoms with van der Waals surface area (Å²) in [6.45, 7) is 9.42. The summed E-state index contributed by atoms with van der Waals surface area (Å²) in [6.07, 6.45) is 2.31. The summed E-state index contributed by atoms with van der Waals surface area (Å²) in [6, 6.07) is 2.62. The molecule has 0 radical (unpaired) electrons. The Morgan fingerprint density at radius 3 is 2.47 bits per heavy atom. The number of nitrogens with zero attached hydrogens (tertiary/aromatic N) is 1. The van der Waals surface area contributed by atoms with E-state index in [0.29, 0.717) is 12.0 Å². The van der Waals surface area contributed by atoms with Crippen molar-refractivity contribution in [1.29, 1.82) is 0 Å². The molecule has 1 N–H and O–H groups in total. The average Bonchev–Trinajstić information content (AvgIpc) is 2.68. The van der Waals surface area contributed by atoms with Crippen LogP contribution in [0.15, 0.2) is 10.6 Å². The van der Waals surface area contributed by atoms with E-state index in [1.165, 1.54) is 0 Å². The molecule has 0 spiro atoms. The minimum atomic E-state index is 0.440. The van der Waals surface area contributed by atoms with E-state index in [4.69, 9.17) is 4.52 Å². The highest BCUT2D eigenvalue weighted by Crippen LogP contribution is 2.14. The second kappa shape index (κ2) is 5.91. The molecule has 0 bridgehead atoms. The van der Waals surface area contributed by atoms with Crippen LogP contribution in [0.2, 0.25) is 0 Å². The van der Waals surface area contributed by atoms with Crippen molar-refractivity contribution in [2.75, 3.05) is 0 Å². The molecule has 0 aliphatic rings. The van der Waals surface area contributed by atoms with Gasteiger partial charge >= 0.3 is 0 Å². The number of hydrogen-bond donors (Lipinski definition) is 1. The van der Waals surface area contributed by atoms with E-state index in [1.54, 1.807) is 0 Å². The molecule has 0 saturated carbocycles. The summed E-state index contributed by atoms with van der Waals surface area (Å²) in [5.74, 6) is 1.38. The Balaban J connectivity index is 2.43. The number of aromatic nitrogens is 1. The first-order chi connectivity index (χ1) is 7.17. The van der Waals surface area contributed by atoms with Crippen molar-refractivity contribution in [1.82, 2.24) is 10.5 Å². The Hall–Kier alpha value is -0.830. The second-order valence-corrected chi connectivity index (χ2v) is 4.27. The lowest BCUT2D eigenvalue weighted by molar-refractivity contribution is 0.352. The van der Waals surface area contributed by atoms with Gasteiger partial charge in [-0.25, -0.2) is 0 Å². The van der Waals surface area contributed by atoms with Gasteiger partial charge in [0, 0.05) is 12.1 Å². The molecule has 3 nitrogen and oxygen atoms in total. The maximum atomic E-state index is 5.25. The van der Waals surface area contributed by atoms with Gasteiger partial charge in [-0.3, -0.25) is 0 Å². The molecule has 0 atom stereocenters. The SMILES string of the molecule is CCC(CC)NCc1cc(C(C)C)no1. The first kappa shape index (κ1) is 12.2. The molecule has 0 amide bonds. The molecule has 0 saturated heterocycles. The van der Waals surface area contributed by atoms with Gasteiger partial charge in [0.05, 0.1) is 12.2 Å². The maximum Gasteiger partial charge on any atom is 0.150 e. The third-order valence-electron chi connectivity index (χ3n) is 2.72. The van der Waals surface area contributed by atoms with Crippen LogP contribution in [0.3, 0.4) is 0 Å². The average molecular weight is 210 g/mol. The number of nitrogens with one attached hydrogen (secondary N) is 1. The summed E-state index contributed by atoms with van der Waals surface area (Å²) < 4.78 is 5.25. The van der Waals surface area contributed by atoms with Crippen molar-refractivity contribution >= 4 is 0 Å². The van der Waals surface area contributed by atoms with Crippen LogP contribution in [-0.2, 0) is 6.54 Å². The van der Waals surface area contributed by atoms with Gasteiger partial charge < -0.3 is 9.84 Å². The van der Waals surface area contributed by atoms with Crippen LogP contribution in [0.25, 0.3) is 0 Å². The largest absolute Gasteiger partial charge is 0.360 e. The fourth-order valence-corrected chi connectivity index (χ4v) is 1.51. The third-order valence-corrected chi connectivity index (χ3v) is 2.72. The van der Waals surface area contributed by atoms with Crippen LogP contribution in [0, 0.1) is 0 Å². The lowest BCUT2D eigenvalue weighted by Gasteiger charge is -2.12. The molecule has 1 aromatic rings. The lowest BCUT2D eigenvalue weighted by Crippen LogP contribution is -2.26. The van der Waals surface area contributed by atoms with Gasteiger partial charge in [0.25, 0.3) is 0 Å². The van der Waals surface area contributed by atoms with Crippen LogP contribution in [0.4, 0.5) is 0 Å². The van der Waals surface area contributed by atoms with Gasteiger partial charge in [0.1, 0.15) is 0 Å². The van der Waals surface area contributed by atoms with E-state index in [0.717, 1.165) is 30.8 Å². The zero-order chi connectivity index (χ0) is 11.3. The Labute approximate surface area is 92.2 Å². The van der Waals surface area contributed by atoms with E-state index < -0.39 is 0 Å². The zero-order valence-electron chi connectivity index (χ0n) is 10.2. The summed E-state index contributed by atoms with van der Waals surface area (Å²) in [7, 11) is 0. The van der Waals surface area contributed by atoms with Crippen molar-refractivity contribution in [3.63, 3.8) is 0 Å². The summed E-state index contributed by atoms with van der Waals surface area (Å²) in [5.41, 5.74) is 1.04. The summed E-state index contributed by atoms with van der Waals surface area (Å²) in [5, 5.41) is 7.48. The predicted molar refractivity (Wildman–Crippen MR) is 61.8 cm³/mol. The molecule has 1 rings (SSSR count). The Morgan fingerprint density at radius 1 is 1.33 bits per heavy atom. The molecule has 0 aliphatic heterocycles. The molecule has 0 aromatic carbocycles. The molecule has 86 valence electrons. The molecule has 0 aliphatic carbocycles. The quantitative estimate of drug-likeness (QED) is 0.784. The molecule has 15 heavy (non-hydrogen) atoms. The molecule has 3 heteroatoms. The van der Waals surface area contributed by atoms with Gasteiger partial charge in [-0.2, -0.15) is 0 Å². The van der Waals surface area contributed by atoms with Gasteiger partial charge in [-0.1, -0.05) is 32.9 Å². The topological polar surface area (TPSA) is 38.1 Å². The molecule has 0 fully saturated rings. The van der Waals surface area contributed by atoms with E-state index in [2.05, 4.69) is 38.2 Å². The first-order valence-corrected chi connectivity index (χ1v) is 5.86. The summed E-state index contributed by atoms with van der Waals surface area (Å²) >= 11 is 0. The Bertz CT molecular complexity index is 277. The fraction of sp³-hybridized carbons (Fsp3) is 0.750. The van der Waals surface area contributed by atoms with E-state index >= 15 is 0 Å². The van der Waals surface area contributed by atoms with Gasteiger partial charge in [-0.15, -0.1) is 0 Å². The number of hydrogen-bond acceptors (Lipinski definition) is 3. The van der Waals surface area contributed by atoms with Crippen LogP contribution in [0.1, 0.15) is 57.9 Å². The minimum absolute atomic E-state index is 0.440. The van der Waals surface area contributed by atoms with Crippen molar-refractivity contribution in [2.45, 2.75) is 59.0 Å². The van der Waals surface area contributed by atoms with Gasteiger partial charge in [-0.05, 0) is 18.8 Å². The second-order valence-electron chi connectivity index (χ2n) is 4.27. The monoisotopic (exact) mass is 210 g/mol. The van der Waals surface area contributed by atoms with E-state index in [-0.39, 0.29) is 0 Å². The third kappa shape index (κ3) is 3.67. The van der Waals surface area contributed by atoms with Gasteiger partial charge in [0.15, 0.2) is 5.76 Å². The maximum absolute atomic E-state index is 5.25. The normalized spacial score (nSPS) is 11.6. The summed E-state index contributed by atoms with van der Waals surface area (Å²) in [4.78, 5) is 0. The molecular formula is C12H22N2O. The van der Waals surface area contributed by atoms with Gasteiger partial charge in [0.2, 0.25) is 0 Å². The predicted octanol–water partition coefficient (Wildman–Crippen LogP) is 3.08. The van der Waals surface area contributed by atoms with Crippen LogP contribution in [-0.4, -0.2) is 11.2 Å². The highest BCUT2D eigenvalue weighted by molar-refractivity contribution is 5.08. The highest BCUT2D eigenvalue weighted by atomic mass is 16.5. The van der Waals surface area contributed by atoms with Crippen LogP contribution < -0.4 is 5.32 Å². The minimum Gasteiger partial charge on any atom is -0.360 e. The number of rotatable bonds is 6. The van der Waals surface area contributed by atoms with Crippen molar-refractivity contribution in [3.05, 3.63) is 17.5 Å². The Morgan fingerprint density at radius 2 is 2.00 bits per heavy atom. The fourth-order valence-electron chi connectivity index (χ4n) is 1.51. The van der Waals surface area contributed by atoms with Crippen molar-refractivity contribution in [2.24, 2.45) is 0 Å². The first-order valence-electron chi connectivity index (χ1n) is 5.86. The van der Waals surface area contributed by atoms with Crippen LogP contribution in [0.5, 0.6) is 0 Å². The van der Waals surface area contributed by atoms with E-state index in [9.17, 15) is 0 Å². The molecule has 0 unspecified atom stereocenters. The lowest BCUT2D eigenvalue weighted by atomic mass is 10.1. The van der Waals surface area contributed by atoms with Crippen molar-refractivity contribution in [3.8, 4) is 0 Å². The van der Waals surface area contributed by atoms with E-state index in [1.807, 2.05) is 6.07 Å². The zero-order valence-corrected chi connectivity index (χ0v) is 10.2. The van der Waals surface area contributed by atoms with Crippen molar-refractivity contribution < 1.29 is 4.52 Å². The molecular weight excluding hydrogens is 188 g/mol. The smallest absolute Gasteiger partial charge is 0.150 e. The standard InChI is InChI=1S/C12H22N2O/c1-5-10(6-2)13-8-11-7-12(9(3)4)14-15-11/h7,9-10,13H,5-6,8H2,1-4H3. The molecule has 1 aromatic heterocycles. The molecule has 1 heterocycles. The Kier molecular flexibility index (Phi) is 4.82.